The average Bonchev–Trinajstić information content (AvgIpc) is 2.65. The molecule has 0 fully saturated rings. The minimum Gasteiger partial charge on any atom is -0.392 e. The number of aryl methyl sites for hydroxylation is 3. The molecule has 3 rings (SSSR count). The molecule has 2 N–H and O–H groups in total. The Morgan fingerprint density at radius 1 is 0.962 bits per heavy atom. The van der Waals surface area contributed by atoms with Gasteiger partial charge >= 0.3 is 0 Å². The molecule has 4 heteroatoms. The monoisotopic (exact) mass is 346 g/mol. The molecule has 0 spiro atoms. The standard InChI is InChI=1S/C22H22N2O2/c1-14-6-4-7-15(2)20(14)24-22(26)21-16(3)10-11-19(23-21)18-9-5-8-17(12-18)13-25/h4-12,25H,13H2,1-3H3,(H,24,26). The van der Waals surface area contributed by atoms with Crippen LogP contribution in [0, 0.1) is 20.8 Å². The summed E-state index contributed by atoms with van der Waals surface area (Å²) in [5, 5.41) is 12.3. The smallest absolute Gasteiger partial charge is 0.274 e. The molecule has 0 unspecified atom stereocenters. The van der Waals surface area contributed by atoms with Crippen LogP contribution in [0.2, 0.25) is 0 Å². The van der Waals surface area contributed by atoms with Gasteiger partial charge in [-0.3, -0.25) is 4.79 Å². The minimum absolute atomic E-state index is 0.0282. The number of nitrogens with one attached hydrogen (secondary N) is 1. The molecule has 0 aliphatic heterocycles. The zero-order chi connectivity index (χ0) is 18.7. The molecular weight excluding hydrogens is 324 g/mol. The summed E-state index contributed by atoms with van der Waals surface area (Å²) in [5.74, 6) is -0.222. The van der Waals surface area contributed by atoms with Crippen LogP contribution >= 0.6 is 0 Å². The van der Waals surface area contributed by atoms with Gasteiger partial charge in [0, 0.05) is 11.3 Å². The van der Waals surface area contributed by atoms with Crippen molar-refractivity contribution in [3.05, 3.63) is 82.5 Å². The van der Waals surface area contributed by atoms with E-state index >= 15 is 0 Å². The Bertz CT molecular complexity index is 944. The van der Waals surface area contributed by atoms with E-state index in [2.05, 4.69) is 10.3 Å². The van der Waals surface area contributed by atoms with Gasteiger partial charge in [0.1, 0.15) is 5.69 Å². The van der Waals surface area contributed by atoms with Crippen molar-refractivity contribution < 1.29 is 9.90 Å². The molecule has 0 aliphatic rings. The number of benzene rings is 2. The highest BCUT2D eigenvalue weighted by Crippen LogP contribution is 2.23. The topological polar surface area (TPSA) is 62.2 Å². The van der Waals surface area contributed by atoms with Crippen molar-refractivity contribution in [2.24, 2.45) is 0 Å². The van der Waals surface area contributed by atoms with E-state index in [1.807, 2.05) is 75.4 Å². The quantitative estimate of drug-likeness (QED) is 0.735. The zero-order valence-corrected chi connectivity index (χ0v) is 15.2. The van der Waals surface area contributed by atoms with E-state index in [4.69, 9.17) is 0 Å². The number of nitrogens with zero attached hydrogens (tertiary/aromatic N) is 1. The molecule has 3 aromatic rings. The van der Waals surface area contributed by atoms with E-state index < -0.39 is 0 Å². The fourth-order valence-corrected chi connectivity index (χ4v) is 2.93. The number of carbonyl (C=O) groups excluding carboxylic acids is 1. The van der Waals surface area contributed by atoms with E-state index in [0.29, 0.717) is 11.4 Å². The van der Waals surface area contributed by atoms with Crippen LogP contribution in [-0.4, -0.2) is 16.0 Å². The summed E-state index contributed by atoms with van der Waals surface area (Å²) in [6.07, 6.45) is 0. The molecule has 0 radical (unpaired) electrons. The van der Waals surface area contributed by atoms with E-state index in [-0.39, 0.29) is 12.5 Å². The van der Waals surface area contributed by atoms with Crippen LogP contribution in [0.4, 0.5) is 5.69 Å². The highest BCUT2D eigenvalue weighted by Gasteiger charge is 2.15. The molecule has 0 aliphatic carbocycles. The number of carbonyl (C=O) groups is 1. The summed E-state index contributed by atoms with van der Waals surface area (Å²) < 4.78 is 0. The molecule has 0 atom stereocenters. The van der Waals surface area contributed by atoms with Gasteiger partial charge in [-0.1, -0.05) is 42.5 Å². The first kappa shape index (κ1) is 17.8. The highest BCUT2D eigenvalue weighted by molar-refractivity contribution is 6.05. The number of aliphatic hydroxyl groups is 1. The van der Waals surface area contributed by atoms with Crippen LogP contribution in [0.1, 0.15) is 32.7 Å². The lowest BCUT2D eigenvalue weighted by molar-refractivity contribution is 0.102. The third-order valence-electron chi connectivity index (χ3n) is 4.44. The summed E-state index contributed by atoms with van der Waals surface area (Å²) in [4.78, 5) is 17.4. The number of hydrogen-bond donors (Lipinski definition) is 2. The van der Waals surface area contributed by atoms with Crippen molar-refractivity contribution >= 4 is 11.6 Å². The summed E-state index contributed by atoms with van der Waals surface area (Å²) in [5.41, 5.74) is 6.47. The first-order chi connectivity index (χ1) is 12.5. The molecule has 132 valence electrons. The number of anilines is 1. The molecule has 4 nitrogen and oxygen atoms in total. The van der Waals surface area contributed by atoms with Gasteiger partial charge < -0.3 is 10.4 Å². The third-order valence-corrected chi connectivity index (χ3v) is 4.44. The lowest BCUT2D eigenvalue weighted by Gasteiger charge is -2.13. The molecule has 0 saturated carbocycles. The molecule has 2 aromatic carbocycles. The predicted molar refractivity (Wildman–Crippen MR) is 104 cm³/mol. The Balaban J connectivity index is 1.96. The summed E-state index contributed by atoms with van der Waals surface area (Å²) >= 11 is 0. The molecule has 1 heterocycles. The number of aromatic nitrogens is 1. The molecule has 1 amide bonds. The fourth-order valence-electron chi connectivity index (χ4n) is 2.93. The molecule has 0 bridgehead atoms. The van der Waals surface area contributed by atoms with Crippen molar-refractivity contribution in [1.82, 2.24) is 4.98 Å². The van der Waals surface area contributed by atoms with Crippen LogP contribution in [0.25, 0.3) is 11.3 Å². The predicted octanol–water partition coefficient (Wildman–Crippen LogP) is 4.42. The first-order valence-corrected chi connectivity index (χ1v) is 8.55. The lowest BCUT2D eigenvalue weighted by Crippen LogP contribution is -2.17. The van der Waals surface area contributed by atoms with Gasteiger partial charge in [0.25, 0.3) is 5.91 Å². The second kappa shape index (κ2) is 7.50. The largest absolute Gasteiger partial charge is 0.392 e. The van der Waals surface area contributed by atoms with Crippen LogP contribution in [-0.2, 0) is 6.61 Å². The van der Waals surface area contributed by atoms with Crippen LogP contribution in [0.15, 0.2) is 54.6 Å². The number of rotatable bonds is 4. The van der Waals surface area contributed by atoms with E-state index in [9.17, 15) is 9.90 Å². The normalized spacial score (nSPS) is 10.6. The van der Waals surface area contributed by atoms with Gasteiger partial charge in [-0.25, -0.2) is 4.98 Å². The Kier molecular flexibility index (Phi) is 5.14. The van der Waals surface area contributed by atoms with Crippen molar-refractivity contribution in [2.45, 2.75) is 27.4 Å². The summed E-state index contributed by atoms with van der Waals surface area (Å²) in [6.45, 7) is 5.79. The second-order valence-corrected chi connectivity index (χ2v) is 6.44. The van der Waals surface area contributed by atoms with Gasteiger partial charge in [0.15, 0.2) is 0 Å². The van der Waals surface area contributed by atoms with Crippen molar-refractivity contribution in [1.29, 1.82) is 0 Å². The zero-order valence-electron chi connectivity index (χ0n) is 15.2. The Morgan fingerprint density at radius 3 is 2.35 bits per heavy atom. The van der Waals surface area contributed by atoms with Gasteiger partial charge in [-0.2, -0.15) is 0 Å². The maximum atomic E-state index is 12.8. The van der Waals surface area contributed by atoms with E-state index in [0.717, 1.165) is 33.5 Å². The minimum atomic E-state index is -0.222. The Labute approximate surface area is 153 Å². The summed E-state index contributed by atoms with van der Waals surface area (Å²) in [6, 6.07) is 17.2. The maximum absolute atomic E-state index is 12.8. The number of para-hydroxylation sites is 1. The van der Waals surface area contributed by atoms with Crippen LogP contribution in [0.5, 0.6) is 0 Å². The fraction of sp³-hybridized carbons (Fsp3) is 0.182. The van der Waals surface area contributed by atoms with E-state index in [1.54, 1.807) is 0 Å². The van der Waals surface area contributed by atoms with Gasteiger partial charge in [-0.15, -0.1) is 0 Å². The number of hydrogen-bond acceptors (Lipinski definition) is 3. The highest BCUT2D eigenvalue weighted by atomic mass is 16.3. The number of aliphatic hydroxyl groups excluding tert-OH is 1. The molecule has 0 saturated heterocycles. The van der Waals surface area contributed by atoms with Crippen LogP contribution in [0.3, 0.4) is 0 Å². The SMILES string of the molecule is Cc1ccc(-c2cccc(CO)c2)nc1C(=O)Nc1c(C)cccc1C. The van der Waals surface area contributed by atoms with Gasteiger partial charge in [0.2, 0.25) is 0 Å². The number of amides is 1. The summed E-state index contributed by atoms with van der Waals surface area (Å²) in [7, 11) is 0. The third kappa shape index (κ3) is 3.65. The van der Waals surface area contributed by atoms with Gasteiger partial charge in [0.05, 0.1) is 12.3 Å². The van der Waals surface area contributed by atoms with Gasteiger partial charge in [-0.05, 0) is 55.2 Å². The Hall–Kier alpha value is -2.98. The second-order valence-electron chi connectivity index (χ2n) is 6.44. The number of pyridine rings is 1. The molecule has 1 aromatic heterocycles. The van der Waals surface area contributed by atoms with Crippen molar-refractivity contribution in [3.63, 3.8) is 0 Å². The maximum Gasteiger partial charge on any atom is 0.274 e. The van der Waals surface area contributed by atoms with Crippen molar-refractivity contribution in [2.75, 3.05) is 5.32 Å². The average molecular weight is 346 g/mol. The van der Waals surface area contributed by atoms with Crippen molar-refractivity contribution in [3.8, 4) is 11.3 Å². The van der Waals surface area contributed by atoms with Crippen LogP contribution < -0.4 is 5.32 Å². The molecule has 26 heavy (non-hydrogen) atoms. The molecular formula is C22H22N2O2. The first-order valence-electron chi connectivity index (χ1n) is 8.55. The Morgan fingerprint density at radius 2 is 1.65 bits per heavy atom. The van der Waals surface area contributed by atoms with E-state index in [1.165, 1.54) is 0 Å². The lowest BCUT2D eigenvalue weighted by atomic mass is 10.1.